The molecule has 10 aromatic rings. The van der Waals surface area contributed by atoms with E-state index in [1.807, 2.05) is 42.5 Å². The van der Waals surface area contributed by atoms with Gasteiger partial charge < -0.3 is 9.55 Å². The number of hydrogen-bond acceptors (Lipinski definition) is 3. The van der Waals surface area contributed by atoms with E-state index in [2.05, 4.69) is 161 Å². The van der Waals surface area contributed by atoms with Crippen LogP contribution in [0.1, 0.15) is 0 Å². The van der Waals surface area contributed by atoms with Crippen molar-refractivity contribution in [2.75, 3.05) is 0 Å². The molecule has 0 bridgehead atoms. The smallest absolute Gasteiger partial charge is 0.0774 e. The summed E-state index contributed by atoms with van der Waals surface area (Å²) in [5.41, 5.74) is 10.9. The molecule has 3 nitrogen and oxygen atoms in total. The van der Waals surface area contributed by atoms with Crippen LogP contribution in [0.5, 0.6) is 0 Å². The molecule has 0 aliphatic heterocycles. The Morgan fingerprint density at radius 2 is 1.21 bits per heavy atom. The summed E-state index contributed by atoms with van der Waals surface area (Å²) in [6.45, 7) is 0. The van der Waals surface area contributed by atoms with Crippen LogP contribution in [0.2, 0.25) is 0 Å². The minimum atomic E-state index is 0. The minimum absolute atomic E-state index is 0. The number of fused-ring (bicyclic) bond motifs is 3. The van der Waals surface area contributed by atoms with Crippen molar-refractivity contribution in [3.05, 3.63) is 200 Å². The van der Waals surface area contributed by atoms with Crippen molar-refractivity contribution >= 4 is 43.2 Å². The van der Waals surface area contributed by atoms with Gasteiger partial charge in [0.25, 0.3) is 0 Å². The summed E-state index contributed by atoms with van der Waals surface area (Å²) in [6, 6.07) is 66.3. The van der Waals surface area contributed by atoms with E-state index < -0.39 is 0 Å². The predicted molar refractivity (Wildman–Crippen MR) is 218 cm³/mol. The Morgan fingerprint density at radius 1 is 0.566 bits per heavy atom. The molecule has 7 aromatic carbocycles. The summed E-state index contributed by atoms with van der Waals surface area (Å²) in [7, 11) is 0. The molecule has 0 amide bonds. The molecule has 10 rings (SSSR count). The third-order valence-electron chi connectivity index (χ3n) is 9.24. The molecule has 5 heteroatoms. The molecule has 0 N–H and O–H groups in total. The predicted octanol–water partition coefficient (Wildman–Crippen LogP) is 12.7. The summed E-state index contributed by atoms with van der Waals surface area (Å²) in [6.07, 6.45) is 1.79. The van der Waals surface area contributed by atoms with E-state index in [0.29, 0.717) is 0 Å². The van der Waals surface area contributed by atoms with Gasteiger partial charge in [0, 0.05) is 37.4 Å². The van der Waals surface area contributed by atoms with E-state index in [4.69, 9.17) is 4.98 Å². The fourth-order valence-corrected chi connectivity index (χ4v) is 7.68. The van der Waals surface area contributed by atoms with E-state index in [-0.39, 0.29) is 20.1 Å². The molecule has 1 radical (unpaired) electrons. The molecule has 3 aromatic heterocycles. The molecule has 0 saturated heterocycles. The van der Waals surface area contributed by atoms with Crippen LogP contribution < -0.4 is 0 Å². The molecule has 3 heterocycles. The van der Waals surface area contributed by atoms with Gasteiger partial charge in [-0.1, -0.05) is 155 Å². The van der Waals surface area contributed by atoms with Crippen molar-refractivity contribution in [1.82, 2.24) is 14.5 Å². The van der Waals surface area contributed by atoms with Gasteiger partial charge in [0.15, 0.2) is 0 Å². The first-order valence-corrected chi connectivity index (χ1v) is 18.1. The monoisotopic (exact) mass is 874 g/mol. The standard InChI is InChI=1S/C37H23N2S.C11H8N.Ir/c1-3-12-25(13-4-1)29-18-11-19-30(26-14-5-2-6-15-26)36(29)39-34-21-10-9-20-33(34)38-37(39)32-24-40-35-23-28-17-8-7-16-27(28)22-31(32)35;1-2-6-10(7-3-1)11-8-4-5-9-12-11;/h1-23H;1-6,8-9H;/q2*-1;. The van der Waals surface area contributed by atoms with Crippen LogP contribution in [-0.4, -0.2) is 14.5 Å². The van der Waals surface area contributed by atoms with Gasteiger partial charge in [0.2, 0.25) is 0 Å². The van der Waals surface area contributed by atoms with Crippen molar-refractivity contribution < 1.29 is 20.1 Å². The second-order valence-electron chi connectivity index (χ2n) is 12.5. The number of pyridine rings is 1. The zero-order valence-corrected chi connectivity index (χ0v) is 31.7. The molecular weight excluding hydrogens is 843 g/mol. The first-order chi connectivity index (χ1) is 25.8. The summed E-state index contributed by atoms with van der Waals surface area (Å²) in [5, 5.41) is 7.30. The number of para-hydroxylation sites is 3. The Bertz CT molecular complexity index is 2680. The second-order valence-corrected chi connectivity index (χ2v) is 13.3. The zero-order valence-electron chi connectivity index (χ0n) is 28.5. The normalized spacial score (nSPS) is 10.9. The van der Waals surface area contributed by atoms with Gasteiger partial charge in [-0.3, -0.25) is 16.3 Å². The van der Waals surface area contributed by atoms with Crippen molar-refractivity contribution in [2.24, 2.45) is 0 Å². The Hall–Kier alpha value is -5.97. The van der Waals surface area contributed by atoms with Crippen molar-refractivity contribution in [2.45, 2.75) is 0 Å². The zero-order chi connectivity index (χ0) is 34.7. The molecule has 0 fully saturated rings. The summed E-state index contributed by atoms with van der Waals surface area (Å²) >= 11 is 1.66. The van der Waals surface area contributed by atoms with Gasteiger partial charge >= 0.3 is 0 Å². The molecule has 0 unspecified atom stereocenters. The first kappa shape index (κ1) is 34.1. The molecule has 0 atom stereocenters. The molecule has 255 valence electrons. The quantitative estimate of drug-likeness (QED) is 0.161. The van der Waals surface area contributed by atoms with Gasteiger partial charge in [-0.25, -0.2) is 0 Å². The van der Waals surface area contributed by atoms with E-state index >= 15 is 0 Å². The maximum atomic E-state index is 5.27. The van der Waals surface area contributed by atoms with Crippen LogP contribution in [0.3, 0.4) is 0 Å². The second kappa shape index (κ2) is 15.3. The maximum absolute atomic E-state index is 5.27. The van der Waals surface area contributed by atoms with E-state index in [1.165, 1.54) is 32.0 Å². The average molecular weight is 874 g/mol. The van der Waals surface area contributed by atoms with Crippen molar-refractivity contribution in [3.8, 4) is 50.6 Å². The van der Waals surface area contributed by atoms with Gasteiger partial charge in [-0.15, -0.1) is 41.3 Å². The van der Waals surface area contributed by atoms with Gasteiger partial charge in [-0.2, -0.15) is 0 Å². The molecule has 0 saturated carbocycles. The number of thiophene rings is 1. The van der Waals surface area contributed by atoms with Crippen LogP contribution in [0.15, 0.2) is 188 Å². The van der Waals surface area contributed by atoms with Crippen molar-refractivity contribution in [3.63, 3.8) is 0 Å². The molecule has 0 aliphatic carbocycles. The van der Waals surface area contributed by atoms with E-state index in [1.54, 1.807) is 17.5 Å². The third-order valence-corrected chi connectivity index (χ3v) is 10.1. The number of aromatic nitrogens is 3. The molecular formula is C48H31IrN3S-2. The van der Waals surface area contributed by atoms with Crippen LogP contribution in [-0.2, 0) is 20.1 Å². The first-order valence-electron chi connectivity index (χ1n) is 17.2. The maximum Gasteiger partial charge on any atom is 0.0774 e. The Balaban J connectivity index is 0.000000262. The molecule has 0 spiro atoms. The summed E-state index contributed by atoms with van der Waals surface area (Å²) in [5.74, 6) is 0.906. The minimum Gasteiger partial charge on any atom is -0.332 e. The third kappa shape index (κ3) is 6.74. The number of nitrogens with zero attached hydrogens (tertiary/aromatic N) is 3. The van der Waals surface area contributed by atoms with E-state index in [9.17, 15) is 0 Å². The Labute approximate surface area is 326 Å². The fourth-order valence-electron chi connectivity index (χ4n) is 6.81. The van der Waals surface area contributed by atoms with E-state index in [0.717, 1.165) is 50.5 Å². The van der Waals surface area contributed by atoms with Gasteiger partial charge in [0.05, 0.1) is 22.5 Å². The molecule has 0 aliphatic rings. The van der Waals surface area contributed by atoms with Gasteiger partial charge in [-0.05, 0) is 45.8 Å². The van der Waals surface area contributed by atoms with Gasteiger partial charge in [0.1, 0.15) is 0 Å². The Kier molecular flexibility index (Phi) is 9.87. The topological polar surface area (TPSA) is 30.7 Å². The van der Waals surface area contributed by atoms with Crippen LogP contribution in [0, 0.1) is 11.4 Å². The summed E-state index contributed by atoms with van der Waals surface area (Å²) < 4.78 is 3.57. The van der Waals surface area contributed by atoms with Crippen molar-refractivity contribution in [1.29, 1.82) is 0 Å². The Morgan fingerprint density at radius 3 is 1.89 bits per heavy atom. The summed E-state index contributed by atoms with van der Waals surface area (Å²) in [4.78, 5) is 9.49. The van der Waals surface area contributed by atoms with Crippen LogP contribution >= 0.6 is 11.3 Å². The van der Waals surface area contributed by atoms with Crippen LogP contribution in [0.4, 0.5) is 0 Å². The van der Waals surface area contributed by atoms with Crippen LogP contribution in [0.25, 0.3) is 82.5 Å². The fraction of sp³-hybridized carbons (Fsp3) is 0. The number of benzene rings is 7. The average Bonchev–Trinajstić information content (AvgIpc) is 3.82. The SMILES string of the molecule is [Ir].[c-]1ccccc1-c1ccccn1.[c-]1sc2cc3ccccc3cc2c1-c1nc2ccccc2n1-c1c(-c2ccccc2)cccc1-c1ccccc1. The largest absolute Gasteiger partial charge is 0.332 e. The number of imidazole rings is 1. The molecule has 53 heavy (non-hydrogen) atoms. The number of rotatable bonds is 5. The number of hydrogen-bond donors (Lipinski definition) is 0.